The van der Waals surface area contributed by atoms with Crippen LogP contribution >= 0.6 is 0 Å². The van der Waals surface area contributed by atoms with E-state index < -0.39 is 6.04 Å². The SMILES string of the molecule is COCCN1C(=O)C2=C(C(=O)C3CC(C)CCC3O2)C1c1ccc(O)c(OC)c1. The minimum Gasteiger partial charge on any atom is -0.504 e. The number of hydrogen-bond donors (Lipinski definition) is 1. The third kappa shape index (κ3) is 3.27. The summed E-state index contributed by atoms with van der Waals surface area (Å²) in [7, 11) is 3.04. The quantitative estimate of drug-likeness (QED) is 0.816. The number of Topliss-reactive ketones (excluding diaryl/α,β-unsaturated/α-hetero) is 1. The van der Waals surface area contributed by atoms with Gasteiger partial charge in [-0.1, -0.05) is 13.0 Å². The fourth-order valence-corrected chi connectivity index (χ4v) is 4.76. The lowest BCUT2D eigenvalue weighted by atomic mass is 9.74. The van der Waals surface area contributed by atoms with E-state index in [4.69, 9.17) is 14.2 Å². The van der Waals surface area contributed by atoms with Crippen LogP contribution in [0.4, 0.5) is 0 Å². The van der Waals surface area contributed by atoms with Gasteiger partial charge in [0.25, 0.3) is 5.91 Å². The number of rotatable bonds is 5. The Labute approximate surface area is 170 Å². The Balaban J connectivity index is 1.78. The number of aromatic hydroxyl groups is 1. The van der Waals surface area contributed by atoms with Crippen LogP contribution in [0.1, 0.15) is 37.8 Å². The molecule has 4 unspecified atom stereocenters. The Bertz CT molecular complexity index is 863. The number of hydrogen-bond acceptors (Lipinski definition) is 6. The molecule has 7 heteroatoms. The summed E-state index contributed by atoms with van der Waals surface area (Å²) in [6, 6.07) is 4.33. The monoisotopic (exact) mass is 401 g/mol. The van der Waals surface area contributed by atoms with E-state index in [1.807, 2.05) is 0 Å². The van der Waals surface area contributed by atoms with Gasteiger partial charge in [-0.25, -0.2) is 0 Å². The Hall–Kier alpha value is -2.54. The van der Waals surface area contributed by atoms with Crippen LogP contribution in [0.25, 0.3) is 0 Å². The molecule has 0 aromatic heterocycles. The van der Waals surface area contributed by atoms with Gasteiger partial charge in [-0.2, -0.15) is 0 Å². The number of phenols is 1. The summed E-state index contributed by atoms with van der Waals surface area (Å²) in [5.41, 5.74) is 1.13. The molecule has 1 aromatic carbocycles. The molecule has 1 saturated carbocycles. The van der Waals surface area contributed by atoms with Crippen molar-refractivity contribution in [1.29, 1.82) is 0 Å². The summed E-state index contributed by atoms with van der Waals surface area (Å²) >= 11 is 0. The van der Waals surface area contributed by atoms with E-state index >= 15 is 0 Å². The molecule has 156 valence electrons. The largest absolute Gasteiger partial charge is 0.504 e. The number of methoxy groups -OCH3 is 2. The van der Waals surface area contributed by atoms with Gasteiger partial charge in [0.2, 0.25) is 0 Å². The van der Waals surface area contributed by atoms with Gasteiger partial charge in [0.15, 0.2) is 23.0 Å². The predicted molar refractivity (Wildman–Crippen MR) is 104 cm³/mol. The molecule has 1 fully saturated rings. The summed E-state index contributed by atoms with van der Waals surface area (Å²) in [5.74, 6) is 0.454. The summed E-state index contributed by atoms with van der Waals surface area (Å²) in [4.78, 5) is 28.3. The smallest absolute Gasteiger partial charge is 0.290 e. The molecule has 0 bridgehead atoms. The second kappa shape index (κ2) is 7.71. The fourth-order valence-electron chi connectivity index (χ4n) is 4.76. The number of phenolic OH excluding ortho intramolecular Hbond substituents is 1. The number of fused-ring (bicyclic) bond motifs is 1. The third-order valence-corrected chi connectivity index (χ3v) is 6.26. The number of ketones is 1. The Kier molecular flexibility index (Phi) is 5.25. The molecule has 1 amide bonds. The maximum absolute atomic E-state index is 13.5. The van der Waals surface area contributed by atoms with E-state index in [-0.39, 0.29) is 35.2 Å². The van der Waals surface area contributed by atoms with Gasteiger partial charge in [0.05, 0.1) is 31.2 Å². The first kappa shape index (κ1) is 19.8. The molecule has 0 radical (unpaired) electrons. The number of nitrogens with zero attached hydrogens (tertiary/aromatic N) is 1. The van der Waals surface area contributed by atoms with Gasteiger partial charge in [0, 0.05) is 13.7 Å². The second-order valence-electron chi connectivity index (χ2n) is 8.11. The predicted octanol–water partition coefficient (Wildman–Crippen LogP) is 2.59. The van der Waals surface area contributed by atoms with Crippen LogP contribution in [-0.4, -0.2) is 55.2 Å². The number of carbonyl (C=O) groups excluding carboxylic acids is 2. The standard InChI is InChI=1S/C22H27NO6/c1-12-4-7-16-14(10-12)20(25)18-19(13-5-6-15(24)17(11-13)28-3)23(8-9-27-2)22(26)21(18)29-16/h5-6,11-12,14,16,19,24H,4,7-10H2,1-3H3. The molecule has 0 saturated heterocycles. The lowest BCUT2D eigenvalue weighted by Gasteiger charge is -2.37. The molecule has 4 rings (SSSR count). The van der Waals surface area contributed by atoms with Gasteiger partial charge in [-0.15, -0.1) is 0 Å². The highest BCUT2D eigenvalue weighted by Crippen LogP contribution is 2.48. The van der Waals surface area contributed by atoms with E-state index in [0.29, 0.717) is 36.0 Å². The second-order valence-corrected chi connectivity index (χ2v) is 8.11. The van der Waals surface area contributed by atoms with E-state index in [0.717, 1.165) is 19.3 Å². The summed E-state index contributed by atoms with van der Waals surface area (Å²) in [6.45, 7) is 2.83. The zero-order chi connectivity index (χ0) is 20.7. The van der Waals surface area contributed by atoms with Crippen molar-refractivity contribution in [3.8, 4) is 11.5 Å². The molecule has 4 atom stereocenters. The minimum atomic E-state index is -0.576. The van der Waals surface area contributed by atoms with Crippen LogP contribution < -0.4 is 4.74 Å². The molecular weight excluding hydrogens is 374 g/mol. The van der Waals surface area contributed by atoms with Gasteiger partial charge >= 0.3 is 0 Å². The lowest BCUT2D eigenvalue weighted by Crippen LogP contribution is -2.41. The molecule has 1 aromatic rings. The molecular formula is C22H27NO6. The van der Waals surface area contributed by atoms with E-state index in [1.165, 1.54) is 13.2 Å². The van der Waals surface area contributed by atoms with Crippen molar-refractivity contribution in [2.45, 2.75) is 38.3 Å². The van der Waals surface area contributed by atoms with Crippen molar-refractivity contribution in [1.82, 2.24) is 4.90 Å². The molecule has 7 nitrogen and oxygen atoms in total. The average Bonchev–Trinajstić information content (AvgIpc) is 2.99. The van der Waals surface area contributed by atoms with Crippen molar-refractivity contribution in [2.24, 2.45) is 11.8 Å². The fraction of sp³-hybridized carbons (Fsp3) is 0.545. The molecule has 3 aliphatic rings. The van der Waals surface area contributed by atoms with Crippen LogP contribution in [0.3, 0.4) is 0 Å². The van der Waals surface area contributed by atoms with Gasteiger partial charge < -0.3 is 24.2 Å². The zero-order valence-electron chi connectivity index (χ0n) is 17.0. The van der Waals surface area contributed by atoms with Gasteiger partial charge in [0.1, 0.15) is 6.10 Å². The molecule has 2 heterocycles. The maximum Gasteiger partial charge on any atom is 0.290 e. The van der Waals surface area contributed by atoms with E-state index in [9.17, 15) is 14.7 Å². The highest BCUT2D eigenvalue weighted by Gasteiger charge is 2.52. The summed E-state index contributed by atoms with van der Waals surface area (Å²) in [6.07, 6.45) is 2.34. The topological polar surface area (TPSA) is 85.3 Å². The Morgan fingerprint density at radius 1 is 1.24 bits per heavy atom. The van der Waals surface area contributed by atoms with Crippen LogP contribution in [0.2, 0.25) is 0 Å². The molecule has 0 spiro atoms. The molecule has 2 aliphatic heterocycles. The molecule has 29 heavy (non-hydrogen) atoms. The molecule has 1 N–H and O–H groups in total. The van der Waals surface area contributed by atoms with E-state index in [1.54, 1.807) is 24.1 Å². The normalized spacial score (nSPS) is 28.9. The van der Waals surface area contributed by atoms with E-state index in [2.05, 4.69) is 6.92 Å². The van der Waals surface area contributed by atoms with Crippen LogP contribution in [0.15, 0.2) is 29.5 Å². The first-order chi connectivity index (χ1) is 14.0. The van der Waals surface area contributed by atoms with Crippen molar-refractivity contribution in [3.05, 3.63) is 35.1 Å². The van der Waals surface area contributed by atoms with Crippen LogP contribution in [0, 0.1) is 11.8 Å². The molecule has 1 aliphatic carbocycles. The maximum atomic E-state index is 13.5. The number of amides is 1. The van der Waals surface area contributed by atoms with Gasteiger partial charge in [-0.05, 0) is 42.9 Å². The van der Waals surface area contributed by atoms with Crippen molar-refractivity contribution in [2.75, 3.05) is 27.4 Å². The lowest BCUT2D eigenvalue weighted by molar-refractivity contribution is -0.136. The van der Waals surface area contributed by atoms with Crippen LogP contribution in [0.5, 0.6) is 11.5 Å². The summed E-state index contributed by atoms with van der Waals surface area (Å²) < 4.78 is 16.6. The highest BCUT2D eigenvalue weighted by molar-refractivity contribution is 6.11. The number of carbonyl (C=O) groups is 2. The number of ether oxygens (including phenoxy) is 3. The van der Waals surface area contributed by atoms with Crippen molar-refractivity contribution < 1.29 is 28.9 Å². The average molecular weight is 401 g/mol. The van der Waals surface area contributed by atoms with Crippen LogP contribution in [-0.2, 0) is 19.1 Å². The van der Waals surface area contributed by atoms with Gasteiger partial charge in [-0.3, -0.25) is 9.59 Å². The highest BCUT2D eigenvalue weighted by atomic mass is 16.5. The Morgan fingerprint density at radius 2 is 2.03 bits per heavy atom. The van der Waals surface area contributed by atoms with Crippen molar-refractivity contribution in [3.63, 3.8) is 0 Å². The third-order valence-electron chi connectivity index (χ3n) is 6.26. The summed E-state index contributed by atoms with van der Waals surface area (Å²) in [5, 5.41) is 9.98. The first-order valence-electron chi connectivity index (χ1n) is 10.1. The number of benzene rings is 1. The zero-order valence-corrected chi connectivity index (χ0v) is 17.0. The Morgan fingerprint density at radius 3 is 2.76 bits per heavy atom. The van der Waals surface area contributed by atoms with Crippen molar-refractivity contribution >= 4 is 11.7 Å². The first-order valence-corrected chi connectivity index (χ1v) is 10.1. The minimum absolute atomic E-state index is 0.00519.